The van der Waals surface area contributed by atoms with Crippen LogP contribution in [0.25, 0.3) is 0 Å². The first-order chi connectivity index (χ1) is 13.1. The third-order valence-corrected chi connectivity index (χ3v) is 6.35. The number of nitrogens with one attached hydrogen (secondary N) is 1. The van der Waals surface area contributed by atoms with Crippen molar-refractivity contribution < 1.29 is 4.74 Å². The number of rotatable bonds is 6. The summed E-state index contributed by atoms with van der Waals surface area (Å²) in [4.78, 5) is 18.8. The molecule has 1 aliphatic carbocycles. The molecule has 1 aromatic heterocycles. The number of nitrogens with zero attached hydrogens (tertiary/aromatic N) is 5. The van der Waals surface area contributed by atoms with Crippen LogP contribution in [0, 0.1) is 5.41 Å². The zero-order chi connectivity index (χ0) is 18.4. The monoisotopic (exact) mass is 370 g/mol. The van der Waals surface area contributed by atoms with Crippen molar-refractivity contribution in [3.8, 4) is 6.01 Å². The van der Waals surface area contributed by atoms with Crippen LogP contribution in [0.5, 0.6) is 6.01 Å². The van der Waals surface area contributed by atoms with E-state index in [0.717, 1.165) is 37.6 Å². The molecule has 2 saturated heterocycles. The zero-order valence-corrected chi connectivity index (χ0v) is 16.4. The van der Waals surface area contributed by atoms with E-state index in [4.69, 9.17) is 14.7 Å². The summed E-state index contributed by atoms with van der Waals surface area (Å²) in [6.07, 6.45) is 7.83. The van der Waals surface area contributed by atoms with Crippen LogP contribution < -0.4 is 15.0 Å². The van der Waals surface area contributed by atoms with Gasteiger partial charge < -0.3 is 19.9 Å². The van der Waals surface area contributed by atoms with Crippen LogP contribution in [0.3, 0.4) is 0 Å². The van der Waals surface area contributed by atoms with Crippen LogP contribution in [0.1, 0.15) is 36.9 Å². The van der Waals surface area contributed by atoms with Gasteiger partial charge in [0.05, 0.1) is 18.8 Å². The fourth-order valence-corrected chi connectivity index (χ4v) is 4.85. The van der Waals surface area contributed by atoms with E-state index in [-0.39, 0.29) is 5.41 Å². The second-order valence-corrected chi connectivity index (χ2v) is 9.05. The van der Waals surface area contributed by atoms with Gasteiger partial charge in [0.1, 0.15) is 5.82 Å². The maximum Gasteiger partial charge on any atom is 0.318 e. The maximum absolute atomic E-state index is 6.16. The lowest BCUT2D eigenvalue weighted by Crippen LogP contribution is -2.51. The lowest BCUT2D eigenvalue weighted by molar-refractivity contribution is 0.182. The van der Waals surface area contributed by atoms with Crippen molar-refractivity contribution in [2.45, 2.75) is 50.7 Å². The first-order valence-electron chi connectivity index (χ1n) is 10.3. The molecule has 0 amide bonds. The van der Waals surface area contributed by atoms with Gasteiger partial charge in [0.2, 0.25) is 0 Å². The number of anilines is 1. The van der Waals surface area contributed by atoms with Gasteiger partial charge in [-0.2, -0.15) is 9.97 Å². The molecule has 2 unspecified atom stereocenters. The van der Waals surface area contributed by atoms with Crippen LogP contribution in [0.4, 0.5) is 5.82 Å². The second-order valence-electron chi connectivity index (χ2n) is 9.05. The summed E-state index contributed by atoms with van der Waals surface area (Å²) in [5.74, 6) is 1.08. The molecule has 2 bridgehead atoms. The Morgan fingerprint density at radius 3 is 2.70 bits per heavy atom. The molecule has 0 aromatic carbocycles. The first-order valence-corrected chi connectivity index (χ1v) is 10.3. The van der Waals surface area contributed by atoms with Gasteiger partial charge in [0, 0.05) is 55.3 Å². The minimum absolute atomic E-state index is 0.287. The molecule has 0 radical (unpaired) electrons. The average molecular weight is 371 g/mol. The largest absolute Gasteiger partial charge is 0.463 e. The maximum atomic E-state index is 6.16. The van der Waals surface area contributed by atoms with Gasteiger partial charge >= 0.3 is 6.01 Å². The predicted octanol–water partition coefficient (Wildman–Crippen LogP) is 1.26. The minimum Gasteiger partial charge on any atom is -0.463 e. The fourth-order valence-electron chi connectivity index (χ4n) is 4.85. The Kier molecular flexibility index (Phi) is 4.31. The average Bonchev–Trinajstić information content (AvgIpc) is 3.34. The number of aliphatic imine (C=N–C) groups is 1. The van der Waals surface area contributed by atoms with Gasteiger partial charge in [-0.05, 0) is 39.8 Å². The number of hydrogen-bond donors (Lipinski definition) is 1. The lowest BCUT2D eigenvalue weighted by Gasteiger charge is -2.35. The Balaban J connectivity index is 1.38. The first kappa shape index (κ1) is 17.4. The Morgan fingerprint density at radius 1 is 1.22 bits per heavy atom. The van der Waals surface area contributed by atoms with Crippen molar-refractivity contribution in [3.05, 3.63) is 11.3 Å². The molecule has 3 aliphatic heterocycles. The quantitative estimate of drug-likeness (QED) is 0.813. The van der Waals surface area contributed by atoms with Crippen LogP contribution in [-0.4, -0.2) is 73.5 Å². The molecule has 1 N–H and O–H groups in total. The van der Waals surface area contributed by atoms with Crippen molar-refractivity contribution in [1.82, 2.24) is 20.2 Å². The van der Waals surface area contributed by atoms with E-state index in [1.54, 1.807) is 0 Å². The smallest absolute Gasteiger partial charge is 0.318 e. The molecule has 1 aromatic rings. The van der Waals surface area contributed by atoms with E-state index < -0.39 is 0 Å². The topological polar surface area (TPSA) is 65.9 Å². The van der Waals surface area contributed by atoms with Gasteiger partial charge in [0.15, 0.2) is 0 Å². The summed E-state index contributed by atoms with van der Waals surface area (Å²) >= 11 is 0. The molecule has 146 valence electrons. The van der Waals surface area contributed by atoms with Gasteiger partial charge in [-0.25, -0.2) is 0 Å². The van der Waals surface area contributed by atoms with E-state index in [1.807, 2.05) is 6.21 Å². The molecule has 2 atom stereocenters. The van der Waals surface area contributed by atoms with Crippen molar-refractivity contribution in [3.63, 3.8) is 0 Å². The number of piperazine rings is 1. The highest BCUT2D eigenvalue weighted by Gasteiger charge is 2.44. The summed E-state index contributed by atoms with van der Waals surface area (Å²) in [7, 11) is 4.26. The fraction of sp³-hybridized carbons (Fsp3) is 0.750. The molecule has 7 nitrogen and oxygen atoms in total. The van der Waals surface area contributed by atoms with Crippen molar-refractivity contribution >= 4 is 12.0 Å². The number of aromatic nitrogens is 2. The Hall–Kier alpha value is -1.73. The van der Waals surface area contributed by atoms with Gasteiger partial charge in [0.25, 0.3) is 0 Å². The van der Waals surface area contributed by atoms with E-state index in [0.29, 0.717) is 31.2 Å². The molecule has 0 spiro atoms. The minimum atomic E-state index is 0.287. The molecule has 4 aliphatic rings. The molecule has 27 heavy (non-hydrogen) atoms. The Bertz CT molecular complexity index is 732. The third kappa shape index (κ3) is 3.55. The summed E-state index contributed by atoms with van der Waals surface area (Å²) in [6.45, 7) is 4.47. The molecule has 3 fully saturated rings. The van der Waals surface area contributed by atoms with Crippen molar-refractivity contribution in [2.75, 3.05) is 45.2 Å². The van der Waals surface area contributed by atoms with E-state index in [2.05, 4.69) is 34.2 Å². The van der Waals surface area contributed by atoms with Gasteiger partial charge in [-0.3, -0.25) is 4.99 Å². The van der Waals surface area contributed by atoms with Crippen molar-refractivity contribution in [1.29, 1.82) is 0 Å². The molecule has 1 saturated carbocycles. The van der Waals surface area contributed by atoms with Crippen LogP contribution >= 0.6 is 0 Å². The number of hydrogen-bond acceptors (Lipinski definition) is 7. The second kappa shape index (κ2) is 6.71. The highest BCUT2D eigenvalue weighted by molar-refractivity contribution is 5.69. The summed E-state index contributed by atoms with van der Waals surface area (Å²) in [6, 6.07) is 1.72. The molecular formula is C20H30N6O. The van der Waals surface area contributed by atoms with Crippen LogP contribution in [0.2, 0.25) is 0 Å². The molecule has 4 heterocycles. The lowest BCUT2D eigenvalue weighted by atomic mass is 10.1. The zero-order valence-electron chi connectivity index (χ0n) is 16.4. The van der Waals surface area contributed by atoms with Gasteiger partial charge in [-0.1, -0.05) is 0 Å². The Labute approximate surface area is 161 Å². The number of ether oxygens (including phenoxy) is 1. The van der Waals surface area contributed by atoms with E-state index in [1.165, 1.54) is 31.2 Å². The van der Waals surface area contributed by atoms with Crippen molar-refractivity contribution in [2.24, 2.45) is 10.4 Å². The molecule has 5 rings (SSSR count). The Morgan fingerprint density at radius 2 is 2.00 bits per heavy atom. The van der Waals surface area contributed by atoms with Gasteiger partial charge in [-0.15, -0.1) is 0 Å². The number of fused-ring (bicyclic) bond motifs is 3. The van der Waals surface area contributed by atoms with Crippen LogP contribution in [-0.2, 0) is 13.0 Å². The summed E-state index contributed by atoms with van der Waals surface area (Å²) in [5, 5.41) is 3.71. The summed E-state index contributed by atoms with van der Waals surface area (Å²) in [5.41, 5.74) is 2.57. The van der Waals surface area contributed by atoms with E-state index in [9.17, 15) is 0 Å². The molecular weight excluding hydrogens is 340 g/mol. The highest BCUT2D eigenvalue weighted by Crippen LogP contribution is 2.46. The normalized spacial score (nSPS) is 27.7. The molecule has 7 heteroatoms. The standard InChI is InChI=1S/C20H30N6O/c1-25(2)12-20(6-7-20)13-27-19-23-17-9-21-8-5-16(17)18(24-19)26-10-14-3-4-15(11-26)22-14/h8,14-15,22H,3-7,9-13H2,1-2H3. The summed E-state index contributed by atoms with van der Waals surface area (Å²) < 4.78 is 6.16. The van der Waals surface area contributed by atoms with Crippen LogP contribution in [0.15, 0.2) is 4.99 Å². The highest BCUT2D eigenvalue weighted by atomic mass is 16.5. The SMILES string of the molecule is CN(C)CC1(COc2nc3c(c(N4CC5CCC(C4)N5)n2)CC=NC3)CC1. The van der Waals surface area contributed by atoms with E-state index >= 15 is 0 Å². The predicted molar refractivity (Wildman–Crippen MR) is 106 cm³/mol. The third-order valence-electron chi connectivity index (χ3n) is 6.35.